The van der Waals surface area contributed by atoms with Crippen LogP contribution >= 0.6 is 0 Å². The quantitative estimate of drug-likeness (QED) is 0.510. The molecule has 0 spiro atoms. The molecule has 0 aliphatic carbocycles. The summed E-state index contributed by atoms with van der Waals surface area (Å²) in [6.45, 7) is 0. The summed E-state index contributed by atoms with van der Waals surface area (Å²) in [6, 6.07) is 23.7. The van der Waals surface area contributed by atoms with E-state index in [4.69, 9.17) is 0 Å². The van der Waals surface area contributed by atoms with Gasteiger partial charge in [0.1, 0.15) is 5.69 Å². The number of hydrogen-bond acceptors (Lipinski definition) is 3. The lowest BCUT2D eigenvalue weighted by Gasteiger charge is -2.06. The minimum Gasteiger partial charge on any atom is -0.292 e. The zero-order valence-corrected chi connectivity index (χ0v) is 13.6. The molecule has 2 aromatic carbocycles. The van der Waals surface area contributed by atoms with Gasteiger partial charge in [0, 0.05) is 29.8 Å². The van der Waals surface area contributed by atoms with Gasteiger partial charge in [-0.1, -0.05) is 48.5 Å². The lowest BCUT2D eigenvalue weighted by Crippen LogP contribution is -2.05. The summed E-state index contributed by atoms with van der Waals surface area (Å²) < 4.78 is 0. The van der Waals surface area contributed by atoms with Crippen molar-refractivity contribution >= 4 is 16.7 Å². The summed E-state index contributed by atoms with van der Waals surface area (Å²) in [6.07, 6.45) is 3.84. The first kappa shape index (κ1) is 15.2. The largest absolute Gasteiger partial charge is 0.292 e. The van der Waals surface area contributed by atoms with Crippen molar-refractivity contribution < 1.29 is 4.79 Å². The smallest absolute Gasteiger partial charge is 0.185 e. The van der Waals surface area contributed by atoms with Crippen LogP contribution in [0.4, 0.5) is 0 Å². The highest BCUT2D eigenvalue weighted by atomic mass is 16.1. The molecule has 2 aromatic heterocycles. The van der Waals surface area contributed by atoms with Gasteiger partial charge < -0.3 is 0 Å². The van der Waals surface area contributed by atoms with Crippen LogP contribution in [0.3, 0.4) is 0 Å². The van der Waals surface area contributed by atoms with E-state index in [0.717, 1.165) is 27.6 Å². The third-order valence-electron chi connectivity index (χ3n) is 4.17. The average Bonchev–Trinajstić information content (AvgIpc) is 2.69. The van der Waals surface area contributed by atoms with Gasteiger partial charge in [-0.05, 0) is 35.4 Å². The van der Waals surface area contributed by atoms with E-state index in [2.05, 4.69) is 28.2 Å². The van der Waals surface area contributed by atoms with Crippen molar-refractivity contribution in [2.24, 2.45) is 0 Å². The monoisotopic (exact) mass is 324 g/mol. The molecule has 4 rings (SSSR count). The third kappa shape index (κ3) is 3.31. The van der Waals surface area contributed by atoms with E-state index in [-0.39, 0.29) is 5.78 Å². The SMILES string of the molecule is O=C(Cc1ccc2cc(-c3ccccc3)cnc2c1)c1ccccn1. The molecule has 4 aromatic rings. The molecule has 0 aliphatic heterocycles. The average molecular weight is 324 g/mol. The summed E-state index contributed by atoms with van der Waals surface area (Å²) in [5.74, 6) is 0.0147. The molecule has 0 unspecified atom stereocenters. The van der Waals surface area contributed by atoms with Gasteiger partial charge in [0.25, 0.3) is 0 Å². The van der Waals surface area contributed by atoms with Crippen LogP contribution in [-0.2, 0) is 6.42 Å². The minimum absolute atomic E-state index is 0.0147. The first-order valence-electron chi connectivity index (χ1n) is 8.18. The minimum atomic E-state index is 0.0147. The number of Topliss-reactive ketones (excluding diaryl/α,β-unsaturated/α-hetero) is 1. The molecule has 0 aliphatic rings. The van der Waals surface area contributed by atoms with Gasteiger partial charge in [0.15, 0.2) is 5.78 Å². The second-order valence-electron chi connectivity index (χ2n) is 5.93. The molecule has 0 bridgehead atoms. The summed E-state index contributed by atoms with van der Waals surface area (Å²) in [5.41, 5.74) is 4.57. The van der Waals surface area contributed by atoms with Crippen LogP contribution in [0.2, 0.25) is 0 Å². The maximum Gasteiger partial charge on any atom is 0.185 e. The summed E-state index contributed by atoms with van der Waals surface area (Å²) >= 11 is 0. The number of carbonyl (C=O) groups excluding carboxylic acids is 1. The van der Waals surface area contributed by atoms with Gasteiger partial charge in [-0.15, -0.1) is 0 Å². The van der Waals surface area contributed by atoms with E-state index < -0.39 is 0 Å². The van der Waals surface area contributed by atoms with Crippen molar-refractivity contribution in [3.63, 3.8) is 0 Å². The van der Waals surface area contributed by atoms with Crippen molar-refractivity contribution in [3.8, 4) is 11.1 Å². The van der Waals surface area contributed by atoms with Crippen LogP contribution in [0.15, 0.2) is 85.2 Å². The number of pyridine rings is 2. The second kappa shape index (κ2) is 6.65. The summed E-state index contributed by atoms with van der Waals surface area (Å²) in [7, 11) is 0. The summed E-state index contributed by atoms with van der Waals surface area (Å²) in [4.78, 5) is 21.0. The Morgan fingerprint density at radius 2 is 1.64 bits per heavy atom. The van der Waals surface area contributed by atoms with Crippen LogP contribution < -0.4 is 0 Å². The zero-order valence-electron chi connectivity index (χ0n) is 13.6. The molecule has 0 saturated carbocycles. The van der Waals surface area contributed by atoms with Crippen molar-refractivity contribution in [1.29, 1.82) is 0 Å². The maximum atomic E-state index is 12.3. The van der Waals surface area contributed by atoms with Gasteiger partial charge in [0.2, 0.25) is 0 Å². The topological polar surface area (TPSA) is 42.9 Å². The van der Waals surface area contributed by atoms with E-state index in [9.17, 15) is 4.79 Å². The van der Waals surface area contributed by atoms with Gasteiger partial charge in [-0.3, -0.25) is 14.8 Å². The van der Waals surface area contributed by atoms with Gasteiger partial charge in [-0.2, -0.15) is 0 Å². The molecule has 0 saturated heterocycles. The first-order valence-corrected chi connectivity index (χ1v) is 8.18. The Labute approximate surface area is 146 Å². The Morgan fingerprint density at radius 3 is 2.44 bits per heavy atom. The highest BCUT2D eigenvalue weighted by Gasteiger charge is 2.09. The predicted molar refractivity (Wildman–Crippen MR) is 99.5 cm³/mol. The van der Waals surface area contributed by atoms with E-state index in [0.29, 0.717) is 12.1 Å². The van der Waals surface area contributed by atoms with Crippen molar-refractivity contribution in [3.05, 3.63) is 96.4 Å². The number of fused-ring (bicyclic) bond motifs is 1. The van der Waals surface area contributed by atoms with Gasteiger partial charge in [0.05, 0.1) is 5.52 Å². The van der Waals surface area contributed by atoms with E-state index in [1.807, 2.05) is 48.7 Å². The third-order valence-corrected chi connectivity index (χ3v) is 4.17. The Bertz CT molecular complexity index is 1030. The molecule has 25 heavy (non-hydrogen) atoms. The normalized spacial score (nSPS) is 10.7. The Hall–Kier alpha value is -3.33. The number of carbonyl (C=O) groups is 1. The van der Waals surface area contributed by atoms with Crippen LogP contribution in [0.1, 0.15) is 16.1 Å². The number of hydrogen-bond donors (Lipinski definition) is 0. The van der Waals surface area contributed by atoms with Crippen LogP contribution in [0.5, 0.6) is 0 Å². The molecule has 120 valence electrons. The van der Waals surface area contributed by atoms with Crippen molar-refractivity contribution in [1.82, 2.24) is 9.97 Å². The van der Waals surface area contributed by atoms with Crippen LogP contribution in [-0.4, -0.2) is 15.8 Å². The molecule has 0 amide bonds. The lowest BCUT2D eigenvalue weighted by atomic mass is 10.0. The molecule has 2 heterocycles. The highest BCUT2D eigenvalue weighted by molar-refractivity contribution is 5.96. The van der Waals surface area contributed by atoms with E-state index in [1.165, 1.54) is 0 Å². The number of nitrogens with zero attached hydrogens (tertiary/aromatic N) is 2. The highest BCUT2D eigenvalue weighted by Crippen LogP contribution is 2.23. The number of benzene rings is 2. The molecular weight excluding hydrogens is 308 g/mol. The predicted octanol–water partition coefficient (Wildman–Crippen LogP) is 4.72. The number of ketones is 1. The molecule has 0 fully saturated rings. The van der Waals surface area contributed by atoms with Crippen LogP contribution in [0, 0.1) is 0 Å². The fraction of sp³-hybridized carbons (Fsp3) is 0.0455. The first-order chi connectivity index (χ1) is 12.3. The summed E-state index contributed by atoms with van der Waals surface area (Å²) in [5, 5.41) is 1.07. The van der Waals surface area contributed by atoms with E-state index in [1.54, 1.807) is 18.3 Å². The lowest BCUT2D eigenvalue weighted by molar-refractivity contribution is 0.0988. The molecule has 3 nitrogen and oxygen atoms in total. The molecule has 0 atom stereocenters. The molecule has 0 radical (unpaired) electrons. The van der Waals surface area contributed by atoms with Crippen molar-refractivity contribution in [2.45, 2.75) is 6.42 Å². The zero-order chi connectivity index (χ0) is 17.1. The number of rotatable bonds is 4. The fourth-order valence-electron chi connectivity index (χ4n) is 2.87. The van der Waals surface area contributed by atoms with E-state index >= 15 is 0 Å². The molecular formula is C22H16N2O. The Kier molecular flexibility index (Phi) is 4.05. The molecule has 3 heteroatoms. The fourth-order valence-corrected chi connectivity index (χ4v) is 2.87. The molecule has 0 N–H and O–H groups in total. The van der Waals surface area contributed by atoms with Crippen LogP contribution in [0.25, 0.3) is 22.0 Å². The number of aromatic nitrogens is 2. The van der Waals surface area contributed by atoms with Crippen molar-refractivity contribution in [2.75, 3.05) is 0 Å². The standard InChI is InChI=1S/C22H16N2O/c25-22(20-8-4-5-11-23-20)13-16-9-10-18-14-19(15-24-21(18)12-16)17-6-2-1-3-7-17/h1-12,14-15H,13H2. The maximum absolute atomic E-state index is 12.3. The Balaban J connectivity index is 1.62. The Morgan fingerprint density at radius 1 is 0.800 bits per heavy atom. The van der Waals surface area contributed by atoms with Gasteiger partial charge >= 0.3 is 0 Å². The van der Waals surface area contributed by atoms with Gasteiger partial charge in [-0.25, -0.2) is 0 Å². The second-order valence-corrected chi connectivity index (χ2v) is 5.93.